The third-order valence-corrected chi connectivity index (χ3v) is 2.91. The largest absolute Gasteiger partial charge is 0.494 e. The Bertz CT molecular complexity index is 339. The molecule has 2 nitrogen and oxygen atoms in total. The van der Waals surface area contributed by atoms with Gasteiger partial charge in [-0.1, -0.05) is 32.4 Å². The molecule has 0 aromatic heterocycles. The Kier molecular flexibility index (Phi) is 6.38. The maximum atomic E-state index is 6.05. The van der Waals surface area contributed by atoms with Gasteiger partial charge in [0, 0.05) is 11.1 Å². The molecule has 0 heterocycles. The molecule has 1 aromatic carbocycles. The van der Waals surface area contributed by atoms with Crippen LogP contribution in [0.3, 0.4) is 0 Å². The second kappa shape index (κ2) is 7.57. The van der Waals surface area contributed by atoms with E-state index in [0.29, 0.717) is 6.04 Å². The SMILES string of the molecule is CCc1cc(OCCCNC(C)C)ccc1Cl. The number of rotatable bonds is 7. The van der Waals surface area contributed by atoms with Gasteiger partial charge in [0.25, 0.3) is 0 Å². The fourth-order valence-corrected chi connectivity index (χ4v) is 1.82. The van der Waals surface area contributed by atoms with Crippen LogP contribution in [-0.2, 0) is 6.42 Å². The van der Waals surface area contributed by atoms with Crippen LogP contribution in [0, 0.1) is 0 Å². The lowest BCUT2D eigenvalue weighted by Crippen LogP contribution is -2.24. The molecular weight excluding hydrogens is 234 g/mol. The molecule has 0 atom stereocenters. The normalized spacial score (nSPS) is 10.9. The molecule has 0 spiro atoms. The van der Waals surface area contributed by atoms with Crippen LogP contribution in [-0.4, -0.2) is 19.2 Å². The number of halogens is 1. The van der Waals surface area contributed by atoms with Crippen LogP contribution in [0.15, 0.2) is 18.2 Å². The summed E-state index contributed by atoms with van der Waals surface area (Å²) in [6.07, 6.45) is 1.95. The van der Waals surface area contributed by atoms with E-state index in [1.807, 2.05) is 18.2 Å². The van der Waals surface area contributed by atoms with Crippen LogP contribution >= 0.6 is 11.6 Å². The zero-order valence-corrected chi connectivity index (χ0v) is 11.7. The predicted molar refractivity (Wildman–Crippen MR) is 74.1 cm³/mol. The van der Waals surface area contributed by atoms with Crippen LogP contribution in [0.25, 0.3) is 0 Å². The molecule has 0 bridgehead atoms. The van der Waals surface area contributed by atoms with E-state index >= 15 is 0 Å². The Morgan fingerprint density at radius 3 is 2.76 bits per heavy atom. The molecule has 3 heteroatoms. The molecule has 0 saturated carbocycles. The summed E-state index contributed by atoms with van der Waals surface area (Å²) in [5.74, 6) is 0.913. The summed E-state index contributed by atoms with van der Waals surface area (Å²) < 4.78 is 5.69. The third kappa shape index (κ3) is 5.42. The van der Waals surface area contributed by atoms with E-state index < -0.39 is 0 Å². The van der Waals surface area contributed by atoms with Crippen LogP contribution in [0.1, 0.15) is 32.8 Å². The zero-order chi connectivity index (χ0) is 12.7. The molecule has 96 valence electrons. The van der Waals surface area contributed by atoms with E-state index in [0.717, 1.165) is 42.3 Å². The Morgan fingerprint density at radius 1 is 1.35 bits per heavy atom. The standard InChI is InChI=1S/C14H22ClNO/c1-4-12-10-13(6-7-14(12)15)17-9-5-8-16-11(2)3/h6-7,10-11,16H,4-5,8-9H2,1-3H3. The molecular formula is C14H22ClNO. The lowest BCUT2D eigenvalue weighted by atomic mass is 10.1. The molecule has 1 rings (SSSR count). The lowest BCUT2D eigenvalue weighted by molar-refractivity contribution is 0.306. The number of ether oxygens (including phenoxy) is 1. The van der Waals surface area contributed by atoms with Crippen molar-refractivity contribution in [2.75, 3.05) is 13.2 Å². The Morgan fingerprint density at radius 2 is 2.12 bits per heavy atom. The fourth-order valence-electron chi connectivity index (χ4n) is 1.56. The van der Waals surface area contributed by atoms with Gasteiger partial charge in [-0.05, 0) is 43.1 Å². The van der Waals surface area contributed by atoms with E-state index in [1.54, 1.807) is 0 Å². The van der Waals surface area contributed by atoms with Crippen molar-refractivity contribution in [2.24, 2.45) is 0 Å². The first-order valence-corrected chi connectivity index (χ1v) is 6.66. The zero-order valence-electron chi connectivity index (χ0n) is 10.9. The van der Waals surface area contributed by atoms with Crippen LogP contribution in [0.4, 0.5) is 0 Å². The first-order valence-electron chi connectivity index (χ1n) is 6.28. The second-order valence-corrected chi connectivity index (χ2v) is 4.82. The van der Waals surface area contributed by atoms with Gasteiger partial charge in [0.05, 0.1) is 6.61 Å². The van der Waals surface area contributed by atoms with Gasteiger partial charge >= 0.3 is 0 Å². The van der Waals surface area contributed by atoms with Gasteiger partial charge in [0.1, 0.15) is 5.75 Å². The smallest absolute Gasteiger partial charge is 0.119 e. The predicted octanol–water partition coefficient (Wildman–Crippen LogP) is 3.67. The Balaban J connectivity index is 2.32. The van der Waals surface area contributed by atoms with Gasteiger partial charge in [0.2, 0.25) is 0 Å². The summed E-state index contributed by atoms with van der Waals surface area (Å²) >= 11 is 6.05. The van der Waals surface area contributed by atoms with Crippen molar-refractivity contribution in [1.82, 2.24) is 5.32 Å². The number of nitrogens with one attached hydrogen (secondary N) is 1. The van der Waals surface area contributed by atoms with Gasteiger partial charge in [-0.25, -0.2) is 0 Å². The molecule has 0 radical (unpaired) electrons. The summed E-state index contributed by atoms with van der Waals surface area (Å²) in [6.45, 7) is 8.12. The highest BCUT2D eigenvalue weighted by Gasteiger charge is 2.01. The van der Waals surface area contributed by atoms with Crippen LogP contribution in [0.2, 0.25) is 5.02 Å². The molecule has 1 N–H and O–H groups in total. The minimum absolute atomic E-state index is 0.539. The highest BCUT2D eigenvalue weighted by molar-refractivity contribution is 6.31. The van der Waals surface area contributed by atoms with Gasteiger partial charge in [-0.2, -0.15) is 0 Å². The van der Waals surface area contributed by atoms with Crippen molar-refractivity contribution in [3.63, 3.8) is 0 Å². The van der Waals surface area contributed by atoms with Crippen molar-refractivity contribution in [2.45, 2.75) is 39.7 Å². The van der Waals surface area contributed by atoms with Crippen molar-refractivity contribution < 1.29 is 4.74 Å². The first kappa shape index (κ1) is 14.3. The van der Waals surface area contributed by atoms with Gasteiger partial charge in [-0.15, -0.1) is 0 Å². The van der Waals surface area contributed by atoms with Crippen LogP contribution in [0.5, 0.6) is 5.75 Å². The van der Waals surface area contributed by atoms with Gasteiger partial charge in [0.15, 0.2) is 0 Å². The van der Waals surface area contributed by atoms with Crippen molar-refractivity contribution in [1.29, 1.82) is 0 Å². The minimum Gasteiger partial charge on any atom is -0.494 e. The van der Waals surface area contributed by atoms with Gasteiger partial charge in [-0.3, -0.25) is 0 Å². The highest BCUT2D eigenvalue weighted by atomic mass is 35.5. The van der Waals surface area contributed by atoms with E-state index in [4.69, 9.17) is 16.3 Å². The number of aryl methyl sites for hydroxylation is 1. The number of benzene rings is 1. The molecule has 17 heavy (non-hydrogen) atoms. The topological polar surface area (TPSA) is 21.3 Å². The molecule has 0 fully saturated rings. The minimum atomic E-state index is 0.539. The maximum Gasteiger partial charge on any atom is 0.119 e. The highest BCUT2D eigenvalue weighted by Crippen LogP contribution is 2.22. The summed E-state index contributed by atoms with van der Waals surface area (Å²) in [6, 6.07) is 6.40. The summed E-state index contributed by atoms with van der Waals surface area (Å²) in [5.41, 5.74) is 1.14. The number of hydrogen-bond donors (Lipinski definition) is 1. The van der Waals surface area contributed by atoms with Crippen molar-refractivity contribution in [3.8, 4) is 5.75 Å². The molecule has 0 aliphatic carbocycles. The van der Waals surface area contributed by atoms with E-state index in [1.165, 1.54) is 0 Å². The second-order valence-electron chi connectivity index (χ2n) is 4.42. The monoisotopic (exact) mass is 255 g/mol. The third-order valence-electron chi connectivity index (χ3n) is 2.54. The summed E-state index contributed by atoms with van der Waals surface area (Å²) in [5, 5.41) is 4.18. The summed E-state index contributed by atoms with van der Waals surface area (Å²) in [4.78, 5) is 0. The quantitative estimate of drug-likeness (QED) is 0.751. The maximum absolute atomic E-state index is 6.05. The molecule has 0 amide bonds. The average molecular weight is 256 g/mol. The molecule has 0 aliphatic heterocycles. The van der Waals surface area contributed by atoms with E-state index in [9.17, 15) is 0 Å². The Labute approximate surface area is 109 Å². The number of hydrogen-bond acceptors (Lipinski definition) is 2. The molecule has 0 unspecified atom stereocenters. The van der Waals surface area contributed by atoms with Crippen LogP contribution < -0.4 is 10.1 Å². The van der Waals surface area contributed by atoms with E-state index in [-0.39, 0.29) is 0 Å². The van der Waals surface area contributed by atoms with Crippen molar-refractivity contribution >= 4 is 11.6 Å². The van der Waals surface area contributed by atoms with Crippen molar-refractivity contribution in [3.05, 3.63) is 28.8 Å². The molecule has 0 saturated heterocycles. The van der Waals surface area contributed by atoms with Gasteiger partial charge < -0.3 is 10.1 Å². The summed E-state index contributed by atoms with van der Waals surface area (Å²) in [7, 11) is 0. The molecule has 1 aromatic rings. The molecule has 0 aliphatic rings. The average Bonchev–Trinajstić information content (AvgIpc) is 2.30. The first-order chi connectivity index (χ1) is 8.13. The fraction of sp³-hybridized carbons (Fsp3) is 0.571. The Hall–Kier alpha value is -0.730. The van der Waals surface area contributed by atoms with E-state index in [2.05, 4.69) is 26.1 Å². The lowest BCUT2D eigenvalue weighted by Gasteiger charge is -2.10.